The van der Waals surface area contributed by atoms with Gasteiger partial charge in [0.2, 0.25) is 15.9 Å². The van der Waals surface area contributed by atoms with Crippen molar-refractivity contribution in [1.82, 2.24) is 14.4 Å². The van der Waals surface area contributed by atoms with Crippen molar-refractivity contribution in [2.75, 3.05) is 6.54 Å². The van der Waals surface area contributed by atoms with Crippen molar-refractivity contribution >= 4 is 27.5 Å². The Hall–Kier alpha value is -3.53. The molecule has 2 N–H and O–H groups in total. The van der Waals surface area contributed by atoms with Crippen molar-refractivity contribution in [1.29, 1.82) is 0 Å². The van der Waals surface area contributed by atoms with Crippen LogP contribution in [0.1, 0.15) is 23.0 Å². The summed E-state index contributed by atoms with van der Waals surface area (Å²) in [4.78, 5) is 16.8. The number of primary amides is 1. The molecule has 35 heavy (non-hydrogen) atoms. The molecule has 0 aliphatic rings. The number of aromatic nitrogens is 2. The topological polar surface area (TPSA) is 119 Å². The van der Waals surface area contributed by atoms with Crippen LogP contribution in [0.5, 0.6) is 0 Å². The number of hydrogen-bond donors (Lipinski definition) is 1. The van der Waals surface area contributed by atoms with Gasteiger partial charge in [-0.15, -0.1) is 0 Å². The highest BCUT2D eigenvalue weighted by atomic mass is 35.5. The SMILES string of the molecule is Cc1noc(-c2ccc(CCN(C(C(N)=O)c3ccccc3)S(=O)(=O)c3ccc(Cl)cc3)cc2)n1. The molecule has 8 nitrogen and oxygen atoms in total. The number of carbonyl (C=O) groups is 1. The second kappa shape index (κ2) is 10.4. The summed E-state index contributed by atoms with van der Waals surface area (Å²) >= 11 is 5.95. The van der Waals surface area contributed by atoms with E-state index in [0.717, 1.165) is 15.4 Å². The van der Waals surface area contributed by atoms with Crippen LogP contribution in [-0.4, -0.2) is 35.3 Å². The molecule has 10 heteroatoms. The number of aryl methyl sites for hydroxylation is 1. The molecule has 1 unspecified atom stereocenters. The second-order valence-electron chi connectivity index (χ2n) is 7.88. The minimum Gasteiger partial charge on any atom is -0.368 e. The van der Waals surface area contributed by atoms with E-state index in [1.807, 2.05) is 24.3 Å². The van der Waals surface area contributed by atoms with Crippen LogP contribution in [0.4, 0.5) is 0 Å². The van der Waals surface area contributed by atoms with E-state index < -0.39 is 22.0 Å². The van der Waals surface area contributed by atoms with Crippen molar-refractivity contribution in [2.45, 2.75) is 24.3 Å². The average molecular weight is 511 g/mol. The van der Waals surface area contributed by atoms with Crippen LogP contribution in [0.2, 0.25) is 5.02 Å². The lowest BCUT2D eigenvalue weighted by Crippen LogP contribution is -2.42. The number of rotatable bonds is 9. The lowest BCUT2D eigenvalue weighted by Gasteiger charge is -2.29. The highest BCUT2D eigenvalue weighted by molar-refractivity contribution is 7.89. The first-order valence-electron chi connectivity index (χ1n) is 10.8. The van der Waals surface area contributed by atoms with Crippen LogP contribution >= 0.6 is 11.6 Å². The van der Waals surface area contributed by atoms with Gasteiger partial charge >= 0.3 is 0 Å². The quantitative estimate of drug-likeness (QED) is 0.361. The van der Waals surface area contributed by atoms with E-state index in [1.165, 1.54) is 24.3 Å². The lowest BCUT2D eigenvalue weighted by molar-refractivity contribution is -0.121. The Morgan fingerprint density at radius 2 is 1.69 bits per heavy atom. The minimum absolute atomic E-state index is 0.0196. The normalized spacial score (nSPS) is 12.5. The number of nitrogens with zero attached hydrogens (tertiary/aromatic N) is 3. The fourth-order valence-corrected chi connectivity index (χ4v) is 5.42. The number of benzene rings is 3. The van der Waals surface area contributed by atoms with Gasteiger partial charge in [0.1, 0.15) is 6.04 Å². The number of sulfonamides is 1. The first kappa shape index (κ1) is 24.6. The third-order valence-electron chi connectivity index (χ3n) is 5.44. The maximum atomic E-state index is 13.7. The molecular weight excluding hydrogens is 488 g/mol. The number of amides is 1. The molecule has 4 aromatic rings. The Bertz CT molecular complexity index is 1410. The molecule has 1 atom stereocenters. The third kappa shape index (κ3) is 5.59. The van der Waals surface area contributed by atoms with Gasteiger partial charge < -0.3 is 10.3 Å². The van der Waals surface area contributed by atoms with Crippen LogP contribution in [0, 0.1) is 6.92 Å². The molecule has 0 spiro atoms. The van der Waals surface area contributed by atoms with Crippen molar-refractivity contribution < 1.29 is 17.7 Å². The Kier molecular flexibility index (Phi) is 7.30. The molecule has 0 radical (unpaired) electrons. The van der Waals surface area contributed by atoms with E-state index in [2.05, 4.69) is 10.1 Å². The van der Waals surface area contributed by atoms with Gasteiger partial charge in [-0.05, 0) is 60.9 Å². The summed E-state index contributed by atoms with van der Waals surface area (Å²) in [6, 6.07) is 20.6. The summed E-state index contributed by atoms with van der Waals surface area (Å²) in [6.45, 7) is 1.76. The zero-order valence-electron chi connectivity index (χ0n) is 18.8. The molecule has 180 valence electrons. The molecule has 0 aliphatic carbocycles. The van der Waals surface area contributed by atoms with Crippen molar-refractivity contribution in [3.8, 4) is 11.5 Å². The summed E-state index contributed by atoms with van der Waals surface area (Å²) in [6.07, 6.45) is 0.340. The van der Waals surface area contributed by atoms with Crippen molar-refractivity contribution in [2.24, 2.45) is 5.73 Å². The summed E-state index contributed by atoms with van der Waals surface area (Å²) in [5, 5.41) is 4.19. The predicted molar refractivity (Wildman–Crippen MR) is 132 cm³/mol. The maximum Gasteiger partial charge on any atom is 0.257 e. The molecule has 0 bridgehead atoms. The van der Waals surface area contributed by atoms with E-state index in [0.29, 0.717) is 28.7 Å². The van der Waals surface area contributed by atoms with E-state index in [4.69, 9.17) is 21.9 Å². The van der Waals surface area contributed by atoms with E-state index >= 15 is 0 Å². The van der Waals surface area contributed by atoms with Crippen LogP contribution < -0.4 is 5.73 Å². The Morgan fingerprint density at radius 3 is 2.26 bits per heavy atom. The first-order valence-corrected chi connectivity index (χ1v) is 12.6. The van der Waals surface area contributed by atoms with Gasteiger partial charge in [0.15, 0.2) is 5.82 Å². The zero-order chi connectivity index (χ0) is 25.0. The summed E-state index contributed by atoms with van der Waals surface area (Å²) in [7, 11) is -4.09. The van der Waals surface area contributed by atoms with Crippen LogP contribution in [0.15, 0.2) is 88.3 Å². The van der Waals surface area contributed by atoms with Crippen molar-refractivity contribution in [3.05, 3.63) is 101 Å². The summed E-state index contributed by atoms with van der Waals surface area (Å²) in [5.41, 5.74) is 7.83. The number of hydrogen-bond acceptors (Lipinski definition) is 6. The van der Waals surface area contributed by atoms with Crippen LogP contribution in [-0.2, 0) is 21.2 Å². The molecule has 3 aromatic carbocycles. The van der Waals surface area contributed by atoms with Crippen molar-refractivity contribution in [3.63, 3.8) is 0 Å². The van der Waals surface area contributed by atoms with E-state index in [1.54, 1.807) is 37.3 Å². The monoisotopic (exact) mass is 510 g/mol. The van der Waals surface area contributed by atoms with E-state index in [-0.39, 0.29) is 11.4 Å². The Balaban J connectivity index is 1.66. The summed E-state index contributed by atoms with van der Waals surface area (Å²) in [5.74, 6) is 0.167. The smallest absolute Gasteiger partial charge is 0.257 e. The molecule has 1 aromatic heterocycles. The lowest BCUT2D eigenvalue weighted by atomic mass is 10.1. The predicted octanol–water partition coefficient (Wildman–Crippen LogP) is 4.16. The maximum absolute atomic E-state index is 13.7. The Morgan fingerprint density at radius 1 is 1.03 bits per heavy atom. The minimum atomic E-state index is -4.09. The molecule has 1 amide bonds. The fourth-order valence-electron chi connectivity index (χ4n) is 3.71. The fraction of sp³-hybridized carbons (Fsp3) is 0.160. The van der Waals surface area contributed by atoms with Gasteiger partial charge in [-0.25, -0.2) is 8.42 Å². The molecule has 1 heterocycles. The molecule has 0 saturated heterocycles. The first-order chi connectivity index (χ1) is 16.8. The largest absolute Gasteiger partial charge is 0.368 e. The molecule has 0 fully saturated rings. The number of carbonyl (C=O) groups excluding carboxylic acids is 1. The molecular formula is C25H23ClN4O4S. The van der Waals surface area contributed by atoms with Gasteiger partial charge in [-0.1, -0.05) is 59.2 Å². The second-order valence-corrected chi connectivity index (χ2v) is 10.2. The molecule has 4 rings (SSSR count). The van der Waals surface area contributed by atoms with Gasteiger partial charge in [0.25, 0.3) is 5.89 Å². The zero-order valence-corrected chi connectivity index (χ0v) is 20.4. The molecule has 0 saturated carbocycles. The van der Waals surface area contributed by atoms with Gasteiger partial charge in [-0.2, -0.15) is 9.29 Å². The van der Waals surface area contributed by atoms with Crippen LogP contribution in [0.3, 0.4) is 0 Å². The number of halogens is 1. The average Bonchev–Trinajstić information content (AvgIpc) is 3.28. The standard InChI is InChI=1S/C25H23ClN4O4S/c1-17-28-25(34-29-17)20-9-7-18(8-10-20)15-16-30(23(24(27)31)19-5-3-2-4-6-19)35(32,33)22-13-11-21(26)12-14-22/h2-14,23H,15-16H2,1H3,(H2,27,31). The van der Waals surface area contributed by atoms with Gasteiger partial charge in [0.05, 0.1) is 4.90 Å². The highest BCUT2D eigenvalue weighted by Crippen LogP contribution is 2.29. The van der Waals surface area contributed by atoms with Crippen LogP contribution in [0.25, 0.3) is 11.5 Å². The highest BCUT2D eigenvalue weighted by Gasteiger charge is 2.35. The number of nitrogens with two attached hydrogens (primary N) is 1. The van der Waals surface area contributed by atoms with Gasteiger partial charge in [-0.3, -0.25) is 4.79 Å². The third-order valence-corrected chi connectivity index (χ3v) is 7.57. The molecule has 0 aliphatic heterocycles. The van der Waals surface area contributed by atoms with E-state index in [9.17, 15) is 13.2 Å². The van der Waals surface area contributed by atoms with Gasteiger partial charge in [0, 0.05) is 17.1 Å². The Labute approximate surface area is 208 Å². The summed E-state index contributed by atoms with van der Waals surface area (Å²) < 4.78 is 33.7.